The highest BCUT2D eigenvalue weighted by Crippen LogP contribution is 2.33. The number of carbonyl (C=O) groups excluding carboxylic acids is 1. The van der Waals surface area contributed by atoms with Gasteiger partial charge in [0.05, 0.1) is 0 Å². The van der Waals surface area contributed by atoms with Crippen molar-refractivity contribution in [3.63, 3.8) is 0 Å². The summed E-state index contributed by atoms with van der Waals surface area (Å²) in [6.45, 7) is 4.31. The fraction of sp³-hybridized carbons (Fsp3) is 0.667. The molecule has 0 saturated heterocycles. The molecule has 0 spiro atoms. The van der Waals surface area contributed by atoms with Crippen molar-refractivity contribution in [2.24, 2.45) is 0 Å². The summed E-state index contributed by atoms with van der Waals surface area (Å²) >= 11 is 0.810. The Balaban J connectivity index is 3.12. The van der Waals surface area contributed by atoms with Gasteiger partial charge in [-0.25, -0.2) is 0 Å². The Kier molecular flexibility index (Phi) is 5.82. The maximum absolute atomic E-state index is 12.7. The number of nitrogen functional groups attached to an aromatic ring is 1. The average Bonchev–Trinajstić information content (AvgIpc) is 2.68. The van der Waals surface area contributed by atoms with Crippen molar-refractivity contribution in [1.29, 1.82) is 0 Å². The van der Waals surface area contributed by atoms with Gasteiger partial charge in [0, 0.05) is 12.6 Å². The van der Waals surface area contributed by atoms with Crippen molar-refractivity contribution < 1.29 is 18.0 Å². The van der Waals surface area contributed by atoms with E-state index in [1.54, 1.807) is 20.8 Å². The molecule has 1 heterocycles. The zero-order valence-corrected chi connectivity index (χ0v) is 12.9. The summed E-state index contributed by atoms with van der Waals surface area (Å²) in [6, 6.07) is -0.146. The molecule has 0 fully saturated rings. The Bertz CT molecular complexity index is 487. The molecule has 0 aliphatic heterocycles. The van der Waals surface area contributed by atoms with E-state index in [9.17, 15) is 18.0 Å². The van der Waals surface area contributed by atoms with Crippen LogP contribution >= 0.6 is 11.5 Å². The molecule has 0 aromatic carbocycles. The third-order valence-electron chi connectivity index (χ3n) is 2.50. The molecule has 1 aromatic rings. The predicted molar refractivity (Wildman–Crippen MR) is 77.7 cm³/mol. The van der Waals surface area contributed by atoms with E-state index < -0.39 is 18.6 Å². The monoisotopic (exact) mass is 324 g/mol. The van der Waals surface area contributed by atoms with E-state index in [4.69, 9.17) is 5.73 Å². The molecule has 0 radical (unpaired) electrons. The summed E-state index contributed by atoms with van der Waals surface area (Å²) in [5.41, 5.74) is 5.67. The molecule has 0 aliphatic rings. The largest absolute Gasteiger partial charge is 0.405 e. The molecule has 5 nitrogen and oxygen atoms in total. The van der Waals surface area contributed by atoms with Crippen molar-refractivity contribution in [3.8, 4) is 0 Å². The summed E-state index contributed by atoms with van der Waals surface area (Å²) in [4.78, 5) is 13.2. The van der Waals surface area contributed by atoms with E-state index in [1.165, 1.54) is 0 Å². The molecule has 0 unspecified atom stereocenters. The molecule has 0 bridgehead atoms. The molecule has 1 rings (SSSR count). The smallest absolute Gasteiger partial charge is 0.382 e. The van der Waals surface area contributed by atoms with Crippen LogP contribution < -0.4 is 16.0 Å². The van der Waals surface area contributed by atoms with Crippen LogP contribution in [0.4, 0.5) is 24.0 Å². The molecular weight excluding hydrogens is 305 g/mol. The van der Waals surface area contributed by atoms with Crippen LogP contribution in [0.3, 0.4) is 0 Å². The number of nitrogens with zero attached hydrogens (tertiary/aromatic N) is 2. The first-order chi connectivity index (χ1) is 9.65. The highest BCUT2D eigenvalue weighted by Gasteiger charge is 2.33. The first-order valence-electron chi connectivity index (χ1n) is 6.53. The van der Waals surface area contributed by atoms with Gasteiger partial charge in [0.2, 0.25) is 0 Å². The normalized spacial score (nSPS) is 11.8. The van der Waals surface area contributed by atoms with Gasteiger partial charge in [-0.2, -0.15) is 17.5 Å². The Morgan fingerprint density at radius 3 is 2.57 bits per heavy atom. The minimum Gasteiger partial charge on any atom is -0.382 e. The SMILES string of the molecule is CCCN(CC(F)(F)F)c1snc(N)c1C(=O)NC(C)C. The van der Waals surface area contributed by atoms with Crippen molar-refractivity contribution in [1.82, 2.24) is 9.69 Å². The lowest BCUT2D eigenvalue weighted by Gasteiger charge is -2.24. The van der Waals surface area contributed by atoms with Crippen LogP contribution in [0.2, 0.25) is 0 Å². The van der Waals surface area contributed by atoms with E-state index in [-0.39, 0.29) is 29.0 Å². The van der Waals surface area contributed by atoms with Crippen molar-refractivity contribution in [2.75, 3.05) is 23.7 Å². The summed E-state index contributed by atoms with van der Waals surface area (Å²) in [5, 5.41) is 2.78. The number of amides is 1. The summed E-state index contributed by atoms with van der Waals surface area (Å²) in [7, 11) is 0. The molecule has 3 N–H and O–H groups in total. The van der Waals surface area contributed by atoms with Crippen LogP contribution in [-0.4, -0.2) is 35.6 Å². The second kappa shape index (κ2) is 6.97. The van der Waals surface area contributed by atoms with Crippen LogP contribution in [-0.2, 0) is 0 Å². The van der Waals surface area contributed by atoms with E-state index in [0.717, 1.165) is 16.4 Å². The average molecular weight is 324 g/mol. The highest BCUT2D eigenvalue weighted by atomic mass is 32.1. The zero-order chi connectivity index (χ0) is 16.2. The number of hydrogen-bond acceptors (Lipinski definition) is 5. The molecule has 0 aliphatic carbocycles. The summed E-state index contributed by atoms with van der Waals surface area (Å²) < 4.78 is 41.9. The van der Waals surface area contributed by atoms with Gasteiger partial charge in [-0.15, -0.1) is 0 Å². The number of alkyl halides is 3. The maximum atomic E-state index is 12.7. The van der Waals surface area contributed by atoms with Gasteiger partial charge in [-0.05, 0) is 31.8 Å². The quantitative estimate of drug-likeness (QED) is 0.844. The molecule has 21 heavy (non-hydrogen) atoms. The Morgan fingerprint density at radius 2 is 2.10 bits per heavy atom. The highest BCUT2D eigenvalue weighted by molar-refractivity contribution is 7.11. The topological polar surface area (TPSA) is 71.2 Å². The first kappa shape index (κ1) is 17.5. The van der Waals surface area contributed by atoms with Gasteiger partial charge in [0.15, 0.2) is 5.82 Å². The molecule has 0 atom stereocenters. The fourth-order valence-electron chi connectivity index (χ4n) is 1.80. The van der Waals surface area contributed by atoms with Crippen LogP contribution in [0, 0.1) is 0 Å². The second-order valence-corrected chi connectivity index (χ2v) is 5.66. The Hall–Kier alpha value is -1.51. The van der Waals surface area contributed by atoms with Crippen LogP contribution in [0.1, 0.15) is 37.6 Å². The molecule has 0 saturated carbocycles. The Morgan fingerprint density at radius 1 is 1.48 bits per heavy atom. The minimum atomic E-state index is -4.36. The lowest BCUT2D eigenvalue weighted by molar-refractivity contribution is -0.119. The third kappa shape index (κ3) is 5.07. The van der Waals surface area contributed by atoms with Gasteiger partial charge in [-0.3, -0.25) is 4.79 Å². The summed E-state index contributed by atoms with van der Waals surface area (Å²) in [6.07, 6.45) is -3.85. The number of aromatic nitrogens is 1. The van der Waals surface area contributed by atoms with Crippen LogP contribution in [0.25, 0.3) is 0 Å². The van der Waals surface area contributed by atoms with E-state index in [2.05, 4.69) is 9.69 Å². The fourth-order valence-corrected chi connectivity index (χ4v) is 2.63. The molecule has 1 amide bonds. The van der Waals surface area contributed by atoms with Crippen LogP contribution in [0.15, 0.2) is 0 Å². The Labute approximate surface area is 125 Å². The zero-order valence-electron chi connectivity index (χ0n) is 12.1. The molecule has 1 aromatic heterocycles. The first-order valence-corrected chi connectivity index (χ1v) is 7.30. The minimum absolute atomic E-state index is 0.0198. The number of anilines is 2. The van der Waals surface area contributed by atoms with Gasteiger partial charge in [-0.1, -0.05) is 6.92 Å². The standard InChI is InChI=1S/C12H19F3N4OS/c1-4-5-19(6-12(13,14)15)11-8(9(16)18-21-11)10(20)17-7(2)3/h7H,4-6H2,1-3H3,(H2,16,18)(H,17,20). The van der Waals surface area contributed by atoms with E-state index >= 15 is 0 Å². The lowest BCUT2D eigenvalue weighted by atomic mass is 10.2. The number of carbonyl (C=O) groups is 1. The number of rotatable bonds is 6. The summed E-state index contributed by atoms with van der Waals surface area (Å²) in [5.74, 6) is -0.550. The van der Waals surface area contributed by atoms with Crippen LogP contribution in [0.5, 0.6) is 0 Å². The van der Waals surface area contributed by atoms with Crippen molar-refractivity contribution in [2.45, 2.75) is 39.4 Å². The van der Waals surface area contributed by atoms with Crippen molar-refractivity contribution in [3.05, 3.63) is 5.56 Å². The predicted octanol–water partition coefficient (Wildman–Crippen LogP) is 2.64. The number of nitrogens with two attached hydrogens (primary N) is 1. The van der Waals surface area contributed by atoms with Gasteiger partial charge < -0.3 is 16.0 Å². The molecule has 9 heteroatoms. The van der Waals surface area contributed by atoms with Gasteiger partial charge in [0.25, 0.3) is 5.91 Å². The van der Waals surface area contributed by atoms with Crippen molar-refractivity contribution >= 4 is 28.3 Å². The van der Waals surface area contributed by atoms with Gasteiger partial charge in [0.1, 0.15) is 17.1 Å². The molecular formula is C12H19F3N4OS. The number of nitrogens with one attached hydrogen (secondary N) is 1. The van der Waals surface area contributed by atoms with E-state index in [1.807, 2.05) is 0 Å². The number of hydrogen-bond donors (Lipinski definition) is 2. The molecule has 120 valence electrons. The lowest BCUT2D eigenvalue weighted by Crippen LogP contribution is -2.37. The van der Waals surface area contributed by atoms with Gasteiger partial charge >= 0.3 is 6.18 Å². The second-order valence-electron chi connectivity index (χ2n) is 4.91. The third-order valence-corrected chi connectivity index (χ3v) is 3.42. The maximum Gasteiger partial charge on any atom is 0.405 e. The van der Waals surface area contributed by atoms with E-state index in [0.29, 0.717) is 6.42 Å². The number of halogens is 3.